The number of nitrogens with one attached hydrogen (secondary N) is 1. The Hall–Kier alpha value is -1.30. The number of rotatable bonds is 4. The van der Waals surface area contributed by atoms with Crippen molar-refractivity contribution in [2.24, 2.45) is 0 Å². The van der Waals surface area contributed by atoms with E-state index in [0.29, 0.717) is 11.4 Å². The smallest absolute Gasteiger partial charge is 0.395 e. The van der Waals surface area contributed by atoms with Gasteiger partial charge in [0.15, 0.2) is 0 Å². The molecule has 0 aliphatic carbocycles. The number of aromatic nitrogens is 1. The van der Waals surface area contributed by atoms with Crippen LogP contribution in [0.1, 0.15) is 30.9 Å². The molecule has 0 atom stereocenters. The van der Waals surface area contributed by atoms with Crippen LogP contribution in [0.25, 0.3) is 0 Å². The van der Waals surface area contributed by atoms with Crippen LogP contribution in [0, 0.1) is 0 Å². The van der Waals surface area contributed by atoms with E-state index in [2.05, 4.69) is 10.3 Å². The molecule has 1 aromatic heterocycles. The summed E-state index contributed by atoms with van der Waals surface area (Å²) in [5, 5.41) is 11.5. The molecular formula is C11H15F3N2O. The zero-order valence-electron chi connectivity index (χ0n) is 9.67. The van der Waals surface area contributed by atoms with Crippen LogP contribution in [0.3, 0.4) is 0 Å². The van der Waals surface area contributed by atoms with Gasteiger partial charge >= 0.3 is 6.18 Å². The number of aliphatic hydroxyl groups is 1. The lowest BCUT2D eigenvalue weighted by atomic mass is 10.0. The molecular weight excluding hydrogens is 233 g/mol. The summed E-state index contributed by atoms with van der Waals surface area (Å²) in [6.07, 6.45) is -3.59. The summed E-state index contributed by atoms with van der Waals surface area (Å²) in [4.78, 5) is 3.76. The molecule has 0 saturated carbocycles. The molecule has 0 bridgehead atoms. The van der Waals surface area contributed by atoms with Crippen molar-refractivity contribution in [3.63, 3.8) is 0 Å². The second kappa shape index (κ2) is 5.35. The topological polar surface area (TPSA) is 45.2 Å². The molecule has 0 amide bonds. The van der Waals surface area contributed by atoms with Crippen LogP contribution in [0.5, 0.6) is 0 Å². The highest BCUT2D eigenvalue weighted by Crippen LogP contribution is 2.32. The zero-order valence-corrected chi connectivity index (χ0v) is 9.67. The number of hydrogen-bond donors (Lipinski definition) is 2. The molecule has 0 radical (unpaired) electrons. The maximum atomic E-state index is 12.5. The molecule has 1 aromatic rings. The van der Waals surface area contributed by atoms with Crippen molar-refractivity contribution in [2.45, 2.75) is 25.9 Å². The normalized spacial score (nSPS) is 11.9. The van der Waals surface area contributed by atoms with Crippen molar-refractivity contribution in [3.8, 4) is 0 Å². The van der Waals surface area contributed by atoms with Crippen molar-refractivity contribution in [2.75, 3.05) is 18.5 Å². The van der Waals surface area contributed by atoms with Crippen LogP contribution in [0.4, 0.5) is 19.0 Å². The molecule has 6 heteroatoms. The number of alkyl halides is 3. The number of halogens is 3. The average molecular weight is 248 g/mol. The highest BCUT2D eigenvalue weighted by molar-refractivity contribution is 5.47. The molecule has 0 fully saturated rings. The van der Waals surface area contributed by atoms with Crippen molar-refractivity contribution in [1.82, 2.24) is 4.98 Å². The minimum atomic E-state index is -4.38. The summed E-state index contributed by atoms with van der Waals surface area (Å²) >= 11 is 0. The number of hydrogen-bond acceptors (Lipinski definition) is 3. The fraction of sp³-hybridized carbons (Fsp3) is 0.545. The van der Waals surface area contributed by atoms with Crippen LogP contribution >= 0.6 is 0 Å². The van der Waals surface area contributed by atoms with Gasteiger partial charge in [0.1, 0.15) is 5.82 Å². The van der Waals surface area contributed by atoms with Gasteiger partial charge in [-0.05, 0) is 17.5 Å². The summed E-state index contributed by atoms with van der Waals surface area (Å²) in [6, 6.07) is 1.09. The predicted octanol–water partition coefficient (Wildman–Crippen LogP) is 2.63. The fourth-order valence-corrected chi connectivity index (χ4v) is 1.40. The minimum Gasteiger partial charge on any atom is -0.395 e. The Morgan fingerprint density at radius 2 is 2.06 bits per heavy atom. The third-order valence-electron chi connectivity index (χ3n) is 2.27. The van der Waals surface area contributed by atoms with Gasteiger partial charge in [-0.2, -0.15) is 13.2 Å². The Balaban J connectivity index is 3.08. The van der Waals surface area contributed by atoms with Crippen LogP contribution in [0.2, 0.25) is 0 Å². The van der Waals surface area contributed by atoms with Gasteiger partial charge < -0.3 is 10.4 Å². The Morgan fingerprint density at radius 1 is 1.41 bits per heavy atom. The van der Waals surface area contributed by atoms with Gasteiger partial charge in [-0.3, -0.25) is 0 Å². The fourth-order valence-electron chi connectivity index (χ4n) is 1.40. The standard InChI is InChI=1S/C11H15F3N2O/c1-7(2)9-5-8(11(12,13)14)6-16-10(9)15-3-4-17/h5-7,17H,3-4H2,1-2H3,(H,15,16). The Bertz CT molecular complexity index is 377. The van der Waals surface area contributed by atoms with Gasteiger partial charge in [0, 0.05) is 12.7 Å². The highest BCUT2D eigenvalue weighted by atomic mass is 19.4. The Morgan fingerprint density at radius 3 is 2.53 bits per heavy atom. The molecule has 96 valence electrons. The largest absolute Gasteiger partial charge is 0.417 e. The summed E-state index contributed by atoms with van der Waals surface area (Å²) in [5.41, 5.74) is -0.260. The van der Waals surface area contributed by atoms with Crippen LogP contribution in [0.15, 0.2) is 12.3 Å². The van der Waals surface area contributed by atoms with E-state index >= 15 is 0 Å². The van der Waals surface area contributed by atoms with E-state index in [0.717, 1.165) is 12.3 Å². The van der Waals surface area contributed by atoms with Gasteiger partial charge in [0.25, 0.3) is 0 Å². The number of aliphatic hydroxyl groups excluding tert-OH is 1. The van der Waals surface area contributed by atoms with Gasteiger partial charge in [-0.1, -0.05) is 13.8 Å². The molecule has 1 rings (SSSR count). The lowest BCUT2D eigenvalue weighted by Crippen LogP contribution is -2.13. The molecule has 0 aromatic carbocycles. The molecule has 2 N–H and O–H groups in total. The van der Waals surface area contributed by atoms with Crippen LogP contribution < -0.4 is 5.32 Å². The Labute approximate surface area is 97.7 Å². The maximum absolute atomic E-state index is 12.5. The predicted molar refractivity (Wildman–Crippen MR) is 58.9 cm³/mol. The third-order valence-corrected chi connectivity index (χ3v) is 2.27. The molecule has 0 saturated heterocycles. The molecule has 0 aliphatic heterocycles. The first-order valence-electron chi connectivity index (χ1n) is 5.28. The minimum absolute atomic E-state index is 0.0778. The van der Waals surface area contributed by atoms with E-state index in [1.165, 1.54) is 0 Å². The first-order valence-corrected chi connectivity index (χ1v) is 5.28. The van der Waals surface area contributed by atoms with Crippen molar-refractivity contribution in [1.29, 1.82) is 0 Å². The first kappa shape index (κ1) is 13.8. The van der Waals surface area contributed by atoms with Crippen LogP contribution in [-0.4, -0.2) is 23.2 Å². The molecule has 0 spiro atoms. The van der Waals surface area contributed by atoms with E-state index in [-0.39, 0.29) is 19.1 Å². The highest BCUT2D eigenvalue weighted by Gasteiger charge is 2.31. The zero-order chi connectivity index (χ0) is 13.1. The third kappa shape index (κ3) is 3.59. The van der Waals surface area contributed by atoms with E-state index < -0.39 is 11.7 Å². The molecule has 3 nitrogen and oxygen atoms in total. The van der Waals surface area contributed by atoms with Gasteiger partial charge in [-0.25, -0.2) is 4.98 Å². The van der Waals surface area contributed by atoms with E-state index in [1.807, 2.05) is 0 Å². The van der Waals surface area contributed by atoms with Gasteiger partial charge in [0.2, 0.25) is 0 Å². The summed E-state index contributed by atoms with van der Waals surface area (Å²) in [5.74, 6) is 0.313. The van der Waals surface area contributed by atoms with E-state index in [9.17, 15) is 13.2 Å². The lowest BCUT2D eigenvalue weighted by Gasteiger charge is -2.15. The SMILES string of the molecule is CC(C)c1cc(C(F)(F)F)cnc1NCCO. The average Bonchev–Trinajstić information content (AvgIpc) is 2.24. The van der Waals surface area contributed by atoms with E-state index in [1.54, 1.807) is 13.8 Å². The summed E-state index contributed by atoms with van der Waals surface area (Å²) < 4.78 is 37.5. The monoisotopic (exact) mass is 248 g/mol. The lowest BCUT2D eigenvalue weighted by molar-refractivity contribution is -0.137. The van der Waals surface area contributed by atoms with Gasteiger partial charge in [-0.15, -0.1) is 0 Å². The van der Waals surface area contributed by atoms with E-state index in [4.69, 9.17) is 5.11 Å². The van der Waals surface area contributed by atoms with Crippen molar-refractivity contribution < 1.29 is 18.3 Å². The number of pyridine rings is 1. The second-order valence-electron chi connectivity index (χ2n) is 3.96. The van der Waals surface area contributed by atoms with Crippen LogP contribution in [-0.2, 0) is 6.18 Å². The van der Waals surface area contributed by atoms with Crippen molar-refractivity contribution in [3.05, 3.63) is 23.4 Å². The maximum Gasteiger partial charge on any atom is 0.417 e. The number of nitrogens with zero attached hydrogens (tertiary/aromatic N) is 1. The first-order chi connectivity index (χ1) is 7.86. The second-order valence-corrected chi connectivity index (χ2v) is 3.96. The summed E-state index contributed by atoms with van der Waals surface area (Å²) in [7, 11) is 0. The van der Waals surface area contributed by atoms with Crippen molar-refractivity contribution >= 4 is 5.82 Å². The summed E-state index contributed by atoms with van der Waals surface area (Å²) in [6.45, 7) is 3.75. The molecule has 1 heterocycles. The molecule has 0 aliphatic rings. The molecule has 0 unspecified atom stereocenters. The number of anilines is 1. The quantitative estimate of drug-likeness (QED) is 0.861. The van der Waals surface area contributed by atoms with Gasteiger partial charge in [0.05, 0.1) is 12.2 Å². The Kier molecular flexibility index (Phi) is 4.34. The molecule has 17 heavy (non-hydrogen) atoms.